The van der Waals surface area contributed by atoms with Crippen molar-refractivity contribution in [3.05, 3.63) is 0 Å². The summed E-state index contributed by atoms with van der Waals surface area (Å²) in [5.41, 5.74) is 0.163. The van der Waals surface area contributed by atoms with E-state index in [0.29, 0.717) is 5.88 Å². The second-order valence-electron chi connectivity index (χ2n) is 3.45. The second-order valence-corrected chi connectivity index (χ2v) is 3.72. The molecule has 1 aliphatic heterocycles. The molecule has 1 aliphatic rings. The average molecular weight is 192 g/mol. The molecule has 0 atom stereocenters. The molecule has 0 amide bonds. The highest BCUT2D eigenvalue weighted by Crippen LogP contribution is 2.21. The molecule has 0 aromatic rings. The standard InChI is InChI=1S/C9H18ClNO/c1-2-5-11-9(8-10)3-6-12-7-4-9/h11H,2-8H2,1H3. The maximum absolute atomic E-state index is 5.95. The van der Waals surface area contributed by atoms with Crippen LogP contribution in [0.4, 0.5) is 0 Å². The topological polar surface area (TPSA) is 21.3 Å². The largest absolute Gasteiger partial charge is 0.381 e. The third-order valence-electron chi connectivity index (χ3n) is 2.46. The molecule has 0 radical (unpaired) electrons. The van der Waals surface area contributed by atoms with Crippen LogP contribution >= 0.6 is 11.6 Å². The molecule has 0 aromatic heterocycles. The van der Waals surface area contributed by atoms with E-state index in [1.807, 2.05) is 0 Å². The molecule has 0 saturated carbocycles. The normalized spacial score (nSPS) is 22.5. The molecule has 0 spiro atoms. The van der Waals surface area contributed by atoms with Gasteiger partial charge in [0.15, 0.2) is 0 Å². The smallest absolute Gasteiger partial charge is 0.0484 e. The van der Waals surface area contributed by atoms with E-state index in [-0.39, 0.29) is 5.54 Å². The first-order valence-electron chi connectivity index (χ1n) is 4.72. The van der Waals surface area contributed by atoms with Crippen molar-refractivity contribution in [1.29, 1.82) is 0 Å². The molecule has 0 aromatic carbocycles. The number of ether oxygens (including phenoxy) is 1. The predicted molar refractivity (Wildman–Crippen MR) is 51.8 cm³/mol. The fourth-order valence-electron chi connectivity index (χ4n) is 1.51. The van der Waals surface area contributed by atoms with Crippen LogP contribution in [0, 0.1) is 0 Å². The van der Waals surface area contributed by atoms with Crippen LogP contribution in [0.5, 0.6) is 0 Å². The Balaban J connectivity index is 2.37. The van der Waals surface area contributed by atoms with Crippen molar-refractivity contribution >= 4 is 11.6 Å². The molecule has 3 heteroatoms. The van der Waals surface area contributed by atoms with Crippen LogP contribution in [0.1, 0.15) is 26.2 Å². The van der Waals surface area contributed by atoms with E-state index in [2.05, 4.69) is 12.2 Å². The lowest BCUT2D eigenvalue weighted by atomic mass is 9.92. The molecular formula is C9H18ClNO. The summed E-state index contributed by atoms with van der Waals surface area (Å²) in [6.45, 7) is 4.94. The van der Waals surface area contributed by atoms with Gasteiger partial charge in [-0.15, -0.1) is 11.6 Å². The lowest BCUT2D eigenvalue weighted by Gasteiger charge is -2.36. The number of halogens is 1. The van der Waals surface area contributed by atoms with E-state index in [0.717, 1.165) is 32.6 Å². The van der Waals surface area contributed by atoms with Crippen molar-refractivity contribution in [1.82, 2.24) is 5.32 Å². The Morgan fingerprint density at radius 3 is 2.58 bits per heavy atom. The van der Waals surface area contributed by atoms with Gasteiger partial charge in [0.05, 0.1) is 0 Å². The van der Waals surface area contributed by atoms with Gasteiger partial charge in [0.25, 0.3) is 0 Å². The Morgan fingerprint density at radius 2 is 2.08 bits per heavy atom. The first-order chi connectivity index (χ1) is 5.83. The van der Waals surface area contributed by atoms with E-state index in [9.17, 15) is 0 Å². The minimum atomic E-state index is 0.163. The van der Waals surface area contributed by atoms with E-state index in [1.165, 1.54) is 6.42 Å². The van der Waals surface area contributed by atoms with Gasteiger partial charge in [0.1, 0.15) is 0 Å². The van der Waals surface area contributed by atoms with Gasteiger partial charge in [-0.1, -0.05) is 6.92 Å². The Bertz CT molecular complexity index is 124. The summed E-state index contributed by atoms with van der Waals surface area (Å²) in [6, 6.07) is 0. The maximum atomic E-state index is 5.95. The van der Waals surface area contributed by atoms with Crippen molar-refractivity contribution in [2.75, 3.05) is 25.6 Å². The minimum Gasteiger partial charge on any atom is -0.381 e. The SMILES string of the molecule is CCCNC1(CCl)CCOCC1. The van der Waals surface area contributed by atoms with Crippen molar-refractivity contribution in [2.24, 2.45) is 0 Å². The molecule has 2 nitrogen and oxygen atoms in total. The highest BCUT2D eigenvalue weighted by Gasteiger charge is 2.30. The van der Waals surface area contributed by atoms with Gasteiger partial charge in [-0.2, -0.15) is 0 Å². The highest BCUT2D eigenvalue weighted by molar-refractivity contribution is 6.18. The summed E-state index contributed by atoms with van der Waals surface area (Å²) in [4.78, 5) is 0. The molecule has 0 unspecified atom stereocenters. The molecule has 72 valence electrons. The van der Waals surface area contributed by atoms with Gasteiger partial charge in [0, 0.05) is 24.6 Å². The van der Waals surface area contributed by atoms with E-state index >= 15 is 0 Å². The maximum Gasteiger partial charge on any atom is 0.0484 e. The fraction of sp³-hybridized carbons (Fsp3) is 1.00. The second kappa shape index (κ2) is 5.05. The van der Waals surface area contributed by atoms with Crippen molar-refractivity contribution in [3.8, 4) is 0 Å². The third kappa shape index (κ3) is 2.61. The van der Waals surface area contributed by atoms with Crippen LogP contribution in [-0.2, 0) is 4.74 Å². The van der Waals surface area contributed by atoms with Gasteiger partial charge in [-0.25, -0.2) is 0 Å². The van der Waals surface area contributed by atoms with E-state index in [1.54, 1.807) is 0 Å². The third-order valence-corrected chi connectivity index (χ3v) is 2.97. The average Bonchev–Trinajstić information content (AvgIpc) is 2.16. The van der Waals surface area contributed by atoms with E-state index in [4.69, 9.17) is 16.3 Å². The summed E-state index contributed by atoms with van der Waals surface area (Å²) < 4.78 is 5.31. The summed E-state index contributed by atoms with van der Waals surface area (Å²) in [7, 11) is 0. The number of hydrogen-bond donors (Lipinski definition) is 1. The van der Waals surface area contributed by atoms with Gasteiger partial charge < -0.3 is 10.1 Å². The first kappa shape index (κ1) is 10.3. The Morgan fingerprint density at radius 1 is 1.42 bits per heavy atom. The van der Waals surface area contributed by atoms with Gasteiger partial charge in [0.2, 0.25) is 0 Å². The van der Waals surface area contributed by atoms with Crippen LogP contribution in [0.25, 0.3) is 0 Å². The summed E-state index contributed by atoms with van der Waals surface area (Å²) >= 11 is 5.95. The summed E-state index contributed by atoms with van der Waals surface area (Å²) in [5.74, 6) is 0.705. The van der Waals surface area contributed by atoms with E-state index < -0.39 is 0 Å². The zero-order chi connectivity index (χ0) is 8.86. The number of nitrogens with one attached hydrogen (secondary N) is 1. The highest BCUT2D eigenvalue weighted by atomic mass is 35.5. The van der Waals surface area contributed by atoms with Crippen molar-refractivity contribution in [2.45, 2.75) is 31.7 Å². The molecule has 0 aliphatic carbocycles. The Labute approximate surface area is 79.6 Å². The van der Waals surface area contributed by atoms with Crippen LogP contribution in [0.15, 0.2) is 0 Å². The summed E-state index contributed by atoms with van der Waals surface area (Å²) in [6.07, 6.45) is 3.27. The lowest BCUT2D eigenvalue weighted by Crippen LogP contribution is -2.51. The molecule has 1 heterocycles. The zero-order valence-electron chi connectivity index (χ0n) is 7.74. The van der Waals surface area contributed by atoms with Gasteiger partial charge in [-0.05, 0) is 25.8 Å². The monoisotopic (exact) mass is 191 g/mol. The lowest BCUT2D eigenvalue weighted by molar-refractivity contribution is 0.0467. The first-order valence-corrected chi connectivity index (χ1v) is 5.25. The van der Waals surface area contributed by atoms with Crippen LogP contribution in [-0.4, -0.2) is 31.2 Å². The predicted octanol–water partition coefficient (Wildman–Crippen LogP) is 1.77. The zero-order valence-corrected chi connectivity index (χ0v) is 8.49. The van der Waals surface area contributed by atoms with Crippen molar-refractivity contribution < 1.29 is 4.74 Å². The van der Waals surface area contributed by atoms with Gasteiger partial charge >= 0.3 is 0 Å². The number of hydrogen-bond acceptors (Lipinski definition) is 2. The van der Waals surface area contributed by atoms with Crippen LogP contribution in [0.2, 0.25) is 0 Å². The molecule has 12 heavy (non-hydrogen) atoms. The fourth-order valence-corrected chi connectivity index (χ4v) is 1.87. The molecule has 1 rings (SSSR count). The molecule has 1 fully saturated rings. The molecular weight excluding hydrogens is 174 g/mol. The number of alkyl halides is 1. The quantitative estimate of drug-likeness (QED) is 0.684. The van der Waals surface area contributed by atoms with Gasteiger partial charge in [-0.3, -0.25) is 0 Å². The van der Waals surface area contributed by atoms with Crippen LogP contribution in [0.3, 0.4) is 0 Å². The molecule has 1 N–H and O–H groups in total. The molecule has 1 saturated heterocycles. The molecule has 0 bridgehead atoms. The Hall–Kier alpha value is 0.210. The Kier molecular flexibility index (Phi) is 4.33. The number of rotatable bonds is 4. The summed E-state index contributed by atoms with van der Waals surface area (Å²) in [5, 5.41) is 3.52. The minimum absolute atomic E-state index is 0.163. The van der Waals surface area contributed by atoms with Crippen LogP contribution < -0.4 is 5.32 Å². The van der Waals surface area contributed by atoms with Crippen molar-refractivity contribution in [3.63, 3.8) is 0 Å².